The summed E-state index contributed by atoms with van der Waals surface area (Å²) in [5.74, 6) is -0.0230. The number of benzene rings is 3. The summed E-state index contributed by atoms with van der Waals surface area (Å²) in [6.45, 7) is 0.111. The molecule has 4 rings (SSSR count). The largest absolute Gasteiger partial charge is 0.493 e. The molecule has 1 aliphatic rings. The molecular formula is C24H15BrClFINO4. The number of rotatable bonds is 6. The predicted octanol–water partition coefficient (Wildman–Crippen LogP) is 6.78. The Balaban J connectivity index is 1.59. The molecule has 3 aromatic rings. The summed E-state index contributed by atoms with van der Waals surface area (Å²) in [6.07, 6.45) is 1.56. The van der Waals surface area contributed by atoms with Crippen LogP contribution in [0, 0.1) is 9.39 Å². The Morgan fingerprint density at radius 2 is 2.03 bits per heavy atom. The second-order valence-corrected chi connectivity index (χ2v) is 9.34. The molecule has 0 spiro atoms. The molecule has 0 bridgehead atoms. The molecule has 0 saturated heterocycles. The van der Waals surface area contributed by atoms with Gasteiger partial charge >= 0.3 is 5.97 Å². The van der Waals surface area contributed by atoms with Crippen molar-refractivity contribution in [2.75, 3.05) is 7.11 Å². The Morgan fingerprint density at radius 3 is 2.76 bits per heavy atom. The number of carbonyl (C=O) groups is 1. The lowest BCUT2D eigenvalue weighted by molar-refractivity contribution is -0.129. The topological polar surface area (TPSA) is 57.1 Å². The van der Waals surface area contributed by atoms with Crippen molar-refractivity contribution in [3.05, 3.63) is 95.9 Å². The molecule has 1 aliphatic heterocycles. The number of hydrogen-bond acceptors (Lipinski definition) is 5. The minimum absolute atomic E-state index is 0.111. The quantitative estimate of drug-likeness (QED) is 0.169. The van der Waals surface area contributed by atoms with E-state index in [-0.39, 0.29) is 29.0 Å². The summed E-state index contributed by atoms with van der Waals surface area (Å²) in [7, 11) is 1.48. The maximum atomic E-state index is 13.4. The van der Waals surface area contributed by atoms with Crippen LogP contribution in [-0.2, 0) is 16.1 Å². The molecule has 168 valence electrons. The van der Waals surface area contributed by atoms with Gasteiger partial charge in [-0.05, 0) is 98.2 Å². The number of hydrogen-bond donors (Lipinski definition) is 0. The third kappa shape index (κ3) is 5.56. The van der Waals surface area contributed by atoms with Crippen molar-refractivity contribution in [1.82, 2.24) is 0 Å². The Labute approximate surface area is 216 Å². The summed E-state index contributed by atoms with van der Waals surface area (Å²) in [4.78, 5) is 16.7. The van der Waals surface area contributed by atoms with Gasteiger partial charge in [0, 0.05) is 13.6 Å². The zero-order chi connectivity index (χ0) is 23.5. The number of nitrogens with zero attached hydrogens (tertiary/aromatic N) is 1. The zero-order valence-electron chi connectivity index (χ0n) is 17.1. The first-order valence-corrected chi connectivity index (χ1v) is 11.8. The molecule has 0 atom stereocenters. The second-order valence-electron chi connectivity index (χ2n) is 6.92. The second kappa shape index (κ2) is 10.2. The molecule has 0 amide bonds. The van der Waals surface area contributed by atoms with Gasteiger partial charge in [0.2, 0.25) is 5.90 Å². The Bertz CT molecular complexity index is 1310. The fraction of sp³-hybridized carbons (Fsp3) is 0.0833. The van der Waals surface area contributed by atoms with Gasteiger partial charge in [-0.1, -0.05) is 23.7 Å². The minimum atomic E-state index is -0.568. The maximum Gasteiger partial charge on any atom is 0.363 e. The number of methoxy groups -OCH3 is 1. The van der Waals surface area contributed by atoms with Crippen LogP contribution in [0.2, 0.25) is 5.02 Å². The van der Waals surface area contributed by atoms with Crippen LogP contribution >= 0.6 is 50.1 Å². The number of aliphatic imine (C=N–C) groups is 1. The van der Waals surface area contributed by atoms with Crippen molar-refractivity contribution in [3.8, 4) is 11.5 Å². The number of cyclic esters (lactones) is 1. The van der Waals surface area contributed by atoms with E-state index in [1.165, 1.54) is 19.2 Å². The maximum absolute atomic E-state index is 13.4. The van der Waals surface area contributed by atoms with E-state index in [1.807, 2.05) is 18.2 Å². The van der Waals surface area contributed by atoms with Gasteiger partial charge in [0.25, 0.3) is 0 Å². The smallest absolute Gasteiger partial charge is 0.363 e. The molecule has 0 saturated carbocycles. The number of esters is 1. The zero-order valence-corrected chi connectivity index (χ0v) is 21.6. The lowest BCUT2D eigenvalue weighted by Crippen LogP contribution is -2.05. The van der Waals surface area contributed by atoms with Gasteiger partial charge in [0.1, 0.15) is 12.4 Å². The Kier molecular flexibility index (Phi) is 7.35. The Hall–Kier alpha value is -2.43. The molecule has 0 N–H and O–H groups in total. The van der Waals surface area contributed by atoms with E-state index in [0.717, 1.165) is 8.04 Å². The number of ether oxygens (including phenoxy) is 3. The fourth-order valence-corrected chi connectivity index (χ4v) is 4.05. The van der Waals surface area contributed by atoms with Crippen LogP contribution in [0.3, 0.4) is 0 Å². The van der Waals surface area contributed by atoms with Gasteiger partial charge in [-0.2, -0.15) is 0 Å². The molecule has 0 aromatic heterocycles. The average molecular weight is 643 g/mol. The van der Waals surface area contributed by atoms with Crippen LogP contribution in [-0.4, -0.2) is 19.0 Å². The lowest BCUT2D eigenvalue weighted by atomic mass is 10.1. The normalized spacial score (nSPS) is 14.3. The molecule has 5 nitrogen and oxygen atoms in total. The van der Waals surface area contributed by atoms with E-state index < -0.39 is 5.97 Å². The molecule has 1 heterocycles. The van der Waals surface area contributed by atoms with E-state index in [4.69, 9.17) is 25.8 Å². The van der Waals surface area contributed by atoms with E-state index in [1.54, 1.807) is 30.3 Å². The van der Waals surface area contributed by atoms with Gasteiger partial charge in [-0.25, -0.2) is 14.2 Å². The van der Waals surface area contributed by atoms with E-state index >= 15 is 0 Å². The lowest BCUT2D eigenvalue weighted by Gasteiger charge is -2.13. The van der Waals surface area contributed by atoms with Gasteiger partial charge in [-0.15, -0.1) is 0 Å². The first kappa shape index (κ1) is 23.7. The highest BCUT2D eigenvalue weighted by Crippen LogP contribution is 2.38. The highest BCUT2D eigenvalue weighted by Gasteiger charge is 2.25. The molecule has 0 radical (unpaired) electrons. The van der Waals surface area contributed by atoms with Crippen LogP contribution < -0.4 is 9.47 Å². The highest BCUT2D eigenvalue weighted by molar-refractivity contribution is 14.1. The first-order chi connectivity index (χ1) is 15.8. The van der Waals surface area contributed by atoms with Crippen LogP contribution in [0.4, 0.5) is 4.39 Å². The minimum Gasteiger partial charge on any atom is -0.493 e. The molecule has 3 aromatic carbocycles. The summed E-state index contributed by atoms with van der Waals surface area (Å²) < 4.78 is 31.8. The van der Waals surface area contributed by atoms with Gasteiger partial charge in [0.15, 0.2) is 17.2 Å². The molecular weight excluding hydrogens is 628 g/mol. The van der Waals surface area contributed by atoms with Gasteiger partial charge < -0.3 is 14.2 Å². The van der Waals surface area contributed by atoms with E-state index in [9.17, 15) is 9.18 Å². The van der Waals surface area contributed by atoms with Crippen molar-refractivity contribution in [3.63, 3.8) is 0 Å². The van der Waals surface area contributed by atoms with Crippen molar-refractivity contribution < 1.29 is 23.4 Å². The van der Waals surface area contributed by atoms with Gasteiger partial charge in [-0.3, -0.25) is 0 Å². The monoisotopic (exact) mass is 641 g/mol. The third-order valence-corrected chi connectivity index (χ3v) is 7.23. The van der Waals surface area contributed by atoms with Crippen LogP contribution in [0.25, 0.3) is 6.08 Å². The molecule has 0 aliphatic carbocycles. The van der Waals surface area contributed by atoms with Crippen molar-refractivity contribution >= 4 is 68.1 Å². The third-order valence-electron chi connectivity index (χ3n) is 4.61. The SMILES string of the molecule is COc1cc(/C=C2\N=C(c3ccc(I)c(Br)c3)OC2=O)cc(Cl)c1OCc1cccc(F)c1. The van der Waals surface area contributed by atoms with Gasteiger partial charge in [0.05, 0.1) is 12.1 Å². The predicted molar refractivity (Wildman–Crippen MR) is 136 cm³/mol. The summed E-state index contributed by atoms with van der Waals surface area (Å²) in [5.41, 5.74) is 2.04. The molecule has 0 unspecified atom stereocenters. The van der Waals surface area contributed by atoms with Crippen molar-refractivity contribution in [1.29, 1.82) is 0 Å². The molecule has 0 fully saturated rings. The van der Waals surface area contributed by atoms with E-state index in [0.29, 0.717) is 28.2 Å². The summed E-state index contributed by atoms with van der Waals surface area (Å²) in [6, 6.07) is 14.9. The van der Waals surface area contributed by atoms with Crippen LogP contribution in [0.15, 0.2) is 69.8 Å². The van der Waals surface area contributed by atoms with Crippen molar-refractivity contribution in [2.24, 2.45) is 4.99 Å². The summed E-state index contributed by atoms with van der Waals surface area (Å²) in [5, 5.41) is 0.273. The van der Waals surface area contributed by atoms with Crippen molar-refractivity contribution in [2.45, 2.75) is 6.61 Å². The Morgan fingerprint density at radius 1 is 1.21 bits per heavy atom. The van der Waals surface area contributed by atoms with Crippen LogP contribution in [0.1, 0.15) is 16.7 Å². The summed E-state index contributed by atoms with van der Waals surface area (Å²) >= 11 is 12.1. The van der Waals surface area contributed by atoms with E-state index in [2.05, 4.69) is 43.5 Å². The van der Waals surface area contributed by atoms with Crippen LogP contribution in [0.5, 0.6) is 11.5 Å². The highest BCUT2D eigenvalue weighted by atomic mass is 127. The number of halogens is 4. The number of carbonyl (C=O) groups excluding carboxylic acids is 1. The standard InChI is InChI=1S/C24H15BrClFINO4/c1-31-21-10-14(8-18(26)22(21)32-12-13-3-2-4-16(27)7-13)9-20-24(30)33-23(29-20)15-5-6-19(28)17(25)11-15/h2-11H,12H2,1H3/b20-9-. The first-order valence-electron chi connectivity index (χ1n) is 9.57. The average Bonchev–Trinajstić information content (AvgIpc) is 3.14. The molecule has 33 heavy (non-hydrogen) atoms. The fourth-order valence-electron chi connectivity index (χ4n) is 3.07. The molecule has 9 heteroatoms.